The van der Waals surface area contributed by atoms with Gasteiger partial charge in [0.1, 0.15) is 0 Å². The second-order valence-electron chi connectivity index (χ2n) is 5.69. The lowest BCUT2D eigenvalue weighted by atomic mass is 9.95. The SMILES string of the molecule is Cc1cccc(CCN(C)CC(C(=O)O)C(C)C)c1. The Hall–Kier alpha value is -1.35. The summed E-state index contributed by atoms with van der Waals surface area (Å²) in [4.78, 5) is 13.3. The largest absolute Gasteiger partial charge is 0.481 e. The summed E-state index contributed by atoms with van der Waals surface area (Å²) < 4.78 is 0. The van der Waals surface area contributed by atoms with Crippen LogP contribution in [0.1, 0.15) is 25.0 Å². The third-order valence-corrected chi connectivity index (χ3v) is 3.49. The third kappa shape index (κ3) is 5.43. The maximum absolute atomic E-state index is 11.2. The molecule has 3 nitrogen and oxygen atoms in total. The molecule has 0 saturated carbocycles. The number of hydrogen-bond donors (Lipinski definition) is 1. The summed E-state index contributed by atoms with van der Waals surface area (Å²) >= 11 is 0. The van der Waals surface area contributed by atoms with Crippen molar-refractivity contribution in [3.63, 3.8) is 0 Å². The molecule has 1 aromatic rings. The predicted octanol–water partition coefficient (Wildman–Crippen LogP) is 2.83. The first-order valence-corrected chi connectivity index (χ1v) is 6.87. The third-order valence-electron chi connectivity index (χ3n) is 3.49. The second-order valence-corrected chi connectivity index (χ2v) is 5.69. The highest BCUT2D eigenvalue weighted by Gasteiger charge is 2.22. The predicted molar refractivity (Wildman–Crippen MR) is 78.3 cm³/mol. The maximum Gasteiger partial charge on any atom is 0.308 e. The number of benzene rings is 1. The molecule has 1 aromatic carbocycles. The summed E-state index contributed by atoms with van der Waals surface area (Å²) in [5.41, 5.74) is 2.58. The molecule has 19 heavy (non-hydrogen) atoms. The van der Waals surface area contributed by atoms with Gasteiger partial charge in [0, 0.05) is 13.1 Å². The normalized spacial score (nSPS) is 12.9. The van der Waals surface area contributed by atoms with Gasteiger partial charge < -0.3 is 10.0 Å². The molecule has 1 rings (SSSR count). The molecule has 0 bridgehead atoms. The van der Waals surface area contributed by atoms with E-state index in [0.29, 0.717) is 6.54 Å². The van der Waals surface area contributed by atoms with Gasteiger partial charge in [-0.05, 0) is 31.9 Å². The Kier molecular flexibility index (Phi) is 6.03. The van der Waals surface area contributed by atoms with E-state index in [1.165, 1.54) is 11.1 Å². The van der Waals surface area contributed by atoms with Crippen LogP contribution in [0.5, 0.6) is 0 Å². The number of carboxylic acids is 1. The van der Waals surface area contributed by atoms with Crippen molar-refractivity contribution in [3.05, 3.63) is 35.4 Å². The van der Waals surface area contributed by atoms with Crippen molar-refractivity contribution in [1.29, 1.82) is 0 Å². The van der Waals surface area contributed by atoms with Crippen LogP contribution in [0, 0.1) is 18.8 Å². The van der Waals surface area contributed by atoms with Gasteiger partial charge in [-0.15, -0.1) is 0 Å². The first-order chi connectivity index (χ1) is 8.90. The van der Waals surface area contributed by atoms with Gasteiger partial charge in [-0.1, -0.05) is 43.7 Å². The van der Waals surface area contributed by atoms with E-state index in [0.717, 1.165) is 13.0 Å². The summed E-state index contributed by atoms with van der Waals surface area (Å²) in [5.74, 6) is -0.821. The monoisotopic (exact) mass is 263 g/mol. The van der Waals surface area contributed by atoms with Gasteiger partial charge in [0.25, 0.3) is 0 Å². The topological polar surface area (TPSA) is 40.5 Å². The summed E-state index contributed by atoms with van der Waals surface area (Å²) in [6, 6.07) is 8.47. The summed E-state index contributed by atoms with van der Waals surface area (Å²) in [6.45, 7) is 7.52. The molecule has 0 aliphatic heterocycles. The molecule has 0 aromatic heterocycles. The zero-order valence-electron chi connectivity index (χ0n) is 12.4. The van der Waals surface area contributed by atoms with Crippen LogP contribution in [-0.4, -0.2) is 36.1 Å². The van der Waals surface area contributed by atoms with Gasteiger partial charge in [-0.2, -0.15) is 0 Å². The van der Waals surface area contributed by atoms with Crippen LogP contribution in [0.25, 0.3) is 0 Å². The molecule has 0 radical (unpaired) electrons. The fourth-order valence-corrected chi connectivity index (χ4v) is 2.19. The molecule has 0 heterocycles. The van der Waals surface area contributed by atoms with Crippen molar-refractivity contribution < 1.29 is 9.90 Å². The summed E-state index contributed by atoms with van der Waals surface area (Å²) in [7, 11) is 1.99. The first-order valence-electron chi connectivity index (χ1n) is 6.87. The average Bonchev–Trinajstić information content (AvgIpc) is 2.32. The Bertz CT molecular complexity index is 415. The van der Waals surface area contributed by atoms with E-state index < -0.39 is 5.97 Å². The van der Waals surface area contributed by atoms with Crippen LogP contribution >= 0.6 is 0 Å². The van der Waals surface area contributed by atoms with Crippen molar-refractivity contribution in [2.24, 2.45) is 11.8 Å². The molecule has 0 fully saturated rings. The molecule has 0 saturated heterocycles. The van der Waals surface area contributed by atoms with Crippen molar-refractivity contribution in [3.8, 4) is 0 Å². The molecule has 106 valence electrons. The Morgan fingerprint density at radius 3 is 2.58 bits per heavy atom. The van der Waals surface area contributed by atoms with Crippen molar-refractivity contribution in [2.45, 2.75) is 27.2 Å². The summed E-state index contributed by atoms with van der Waals surface area (Å²) in [6.07, 6.45) is 0.961. The Labute approximate surface area is 116 Å². The molecule has 1 unspecified atom stereocenters. The van der Waals surface area contributed by atoms with Gasteiger partial charge in [-0.3, -0.25) is 4.79 Å². The number of likely N-dealkylation sites (N-methyl/N-ethyl adjacent to an activating group) is 1. The van der Waals surface area contributed by atoms with Crippen molar-refractivity contribution in [2.75, 3.05) is 20.1 Å². The van der Waals surface area contributed by atoms with Crippen LogP contribution < -0.4 is 0 Å². The standard InChI is InChI=1S/C16H25NO2/c1-12(2)15(16(18)19)11-17(4)9-8-14-7-5-6-13(3)10-14/h5-7,10,12,15H,8-9,11H2,1-4H3,(H,18,19). The number of aryl methyl sites for hydroxylation is 1. The van der Waals surface area contributed by atoms with Crippen molar-refractivity contribution in [1.82, 2.24) is 4.90 Å². The first kappa shape index (κ1) is 15.7. The van der Waals surface area contributed by atoms with Crippen molar-refractivity contribution >= 4 is 5.97 Å². The zero-order valence-corrected chi connectivity index (χ0v) is 12.4. The molecule has 0 aliphatic rings. The van der Waals surface area contributed by atoms with Gasteiger partial charge in [0.2, 0.25) is 0 Å². The molecule has 0 spiro atoms. The molecular weight excluding hydrogens is 238 g/mol. The second kappa shape index (κ2) is 7.29. The number of aliphatic carboxylic acids is 1. The highest BCUT2D eigenvalue weighted by Crippen LogP contribution is 2.13. The molecule has 1 atom stereocenters. The highest BCUT2D eigenvalue weighted by atomic mass is 16.4. The minimum absolute atomic E-state index is 0.166. The van der Waals surface area contributed by atoms with Gasteiger partial charge >= 0.3 is 5.97 Å². The molecule has 1 N–H and O–H groups in total. The lowest BCUT2D eigenvalue weighted by Gasteiger charge is -2.23. The Morgan fingerprint density at radius 2 is 2.05 bits per heavy atom. The Morgan fingerprint density at radius 1 is 1.37 bits per heavy atom. The van der Waals surface area contributed by atoms with Gasteiger partial charge in [-0.25, -0.2) is 0 Å². The average molecular weight is 263 g/mol. The fraction of sp³-hybridized carbons (Fsp3) is 0.562. The van der Waals surface area contributed by atoms with E-state index in [1.807, 2.05) is 20.9 Å². The molecule has 0 aliphatic carbocycles. The molecule has 3 heteroatoms. The summed E-state index contributed by atoms with van der Waals surface area (Å²) in [5, 5.41) is 9.19. The zero-order chi connectivity index (χ0) is 14.4. The van der Waals surface area contributed by atoms with Crippen LogP contribution in [0.15, 0.2) is 24.3 Å². The number of carboxylic acid groups (broad SMARTS) is 1. The minimum atomic E-state index is -0.697. The quantitative estimate of drug-likeness (QED) is 0.822. The van der Waals surface area contributed by atoms with Gasteiger partial charge in [0.15, 0.2) is 0 Å². The van der Waals surface area contributed by atoms with Crippen LogP contribution in [0.3, 0.4) is 0 Å². The smallest absolute Gasteiger partial charge is 0.308 e. The van der Waals surface area contributed by atoms with E-state index in [-0.39, 0.29) is 11.8 Å². The lowest BCUT2D eigenvalue weighted by molar-refractivity contribution is -0.143. The van der Waals surface area contributed by atoms with Crippen LogP contribution in [-0.2, 0) is 11.2 Å². The van der Waals surface area contributed by atoms with E-state index >= 15 is 0 Å². The number of carbonyl (C=O) groups is 1. The lowest BCUT2D eigenvalue weighted by Crippen LogP contribution is -2.34. The van der Waals surface area contributed by atoms with Crippen LogP contribution in [0.2, 0.25) is 0 Å². The van der Waals surface area contributed by atoms with E-state index in [9.17, 15) is 9.90 Å². The minimum Gasteiger partial charge on any atom is -0.481 e. The maximum atomic E-state index is 11.2. The number of hydrogen-bond acceptors (Lipinski definition) is 2. The van der Waals surface area contributed by atoms with E-state index in [1.54, 1.807) is 0 Å². The molecule has 0 amide bonds. The number of nitrogens with zero attached hydrogens (tertiary/aromatic N) is 1. The van der Waals surface area contributed by atoms with Crippen LogP contribution in [0.4, 0.5) is 0 Å². The van der Waals surface area contributed by atoms with E-state index in [4.69, 9.17) is 0 Å². The fourth-order valence-electron chi connectivity index (χ4n) is 2.19. The molecular formula is C16H25NO2. The highest BCUT2D eigenvalue weighted by molar-refractivity contribution is 5.70. The van der Waals surface area contributed by atoms with Gasteiger partial charge in [0.05, 0.1) is 5.92 Å². The Balaban J connectivity index is 2.47. The number of rotatable bonds is 7. The van der Waals surface area contributed by atoms with E-state index in [2.05, 4.69) is 36.1 Å².